The third kappa shape index (κ3) is 3.62. The van der Waals surface area contributed by atoms with E-state index < -0.39 is 30.2 Å². The molecule has 0 aromatic heterocycles. The minimum atomic E-state index is -1.02. The van der Waals surface area contributed by atoms with Crippen LogP contribution in [0.3, 0.4) is 0 Å². The molecule has 5 aliphatic rings. The number of aliphatic hydroxyl groups is 3. The first-order valence-corrected chi connectivity index (χ1v) is 13.7. The van der Waals surface area contributed by atoms with Crippen molar-refractivity contribution in [2.75, 3.05) is 0 Å². The van der Waals surface area contributed by atoms with Gasteiger partial charge in [-0.25, -0.2) is 0 Å². The standard InChI is InChI=1S/C30H44O6/c1-16(21-14-24(32)28(4,5)36-21)20-10-8-17(26(34)35-20)18-9-11-23-29(18,6)13-12-22-27(2,3)25(33)19(31)15-30(22,23)7/h8,14,18-20,22-23,25-26,31,33-34H,1,9-13,15H2,2-7H3/t18-,19+,20-,22-,23-,25-,26+,29-,30-/m0/s1. The lowest BCUT2D eigenvalue weighted by molar-refractivity contribution is -0.209. The fraction of sp³-hybridized carbons (Fsp3) is 0.767. The summed E-state index contributed by atoms with van der Waals surface area (Å²) in [7, 11) is 0. The van der Waals surface area contributed by atoms with Crippen LogP contribution in [0, 0.1) is 34.0 Å². The van der Waals surface area contributed by atoms with Crippen LogP contribution in [0.1, 0.15) is 80.1 Å². The highest BCUT2D eigenvalue weighted by Gasteiger charge is 2.65. The summed E-state index contributed by atoms with van der Waals surface area (Å²) in [4.78, 5) is 12.2. The number of ketones is 1. The van der Waals surface area contributed by atoms with Gasteiger partial charge in [-0.3, -0.25) is 4.79 Å². The van der Waals surface area contributed by atoms with E-state index in [-0.39, 0.29) is 27.9 Å². The second kappa shape index (κ2) is 8.26. The van der Waals surface area contributed by atoms with Gasteiger partial charge in [0, 0.05) is 11.6 Å². The molecule has 0 radical (unpaired) electrons. The topological polar surface area (TPSA) is 96.2 Å². The van der Waals surface area contributed by atoms with Crippen LogP contribution >= 0.6 is 0 Å². The molecular formula is C30H44O6. The van der Waals surface area contributed by atoms with E-state index in [4.69, 9.17) is 9.47 Å². The number of carbonyl (C=O) groups is 1. The SMILES string of the molecule is C=C(C1=CC(=O)C(C)(C)O1)[C@@H]1CC=C([C@@H]2CC[C@H]3[C@@]2(C)CC[C@H]2C(C)(C)[C@@H](O)[C@H](O)C[C@]32C)[C@H](O)O1. The van der Waals surface area contributed by atoms with E-state index in [9.17, 15) is 20.1 Å². The molecule has 0 unspecified atom stereocenters. The van der Waals surface area contributed by atoms with E-state index in [1.54, 1.807) is 13.8 Å². The number of carbonyl (C=O) groups excluding carboxylic acids is 1. The van der Waals surface area contributed by atoms with Gasteiger partial charge in [-0.1, -0.05) is 40.3 Å². The van der Waals surface area contributed by atoms with Crippen molar-refractivity contribution in [3.05, 3.63) is 35.6 Å². The molecule has 3 N–H and O–H groups in total. The summed E-state index contributed by atoms with van der Waals surface area (Å²) in [6.07, 6.45) is 6.02. The van der Waals surface area contributed by atoms with Crippen LogP contribution in [-0.4, -0.2) is 51.3 Å². The maximum Gasteiger partial charge on any atom is 0.202 e. The predicted octanol–water partition coefficient (Wildman–Crippen LogP) is 4.44. The van der Waals surface area contributed by atoms with E-state index in [0.717, 1.165) is 31.3 Å². The molecule has 3 fully saturated rings. The molecule has 0 bridgehead atoms. The van der Waals surface area contributed by atoms with Gasteiger partial charge >= 0.3 is 0 Å². The van der Waals surface area contributed by atoms with Crippen LogP contribution in [-0.2, 0) is 14.3 Å². The summed E-state index contributed by atoms with van der Waals surface area (Å²) in [5.41, 5.74) is 0.249. The number of aliphatic hydroxyl groups excluding tert-OH is 3. The van der Waals surface area contributed by atoms with Gasteiger partial charge in [-0.15, -0.1) is 0 Å². The molecule has 0 aromatic carbocycles. The lowest BCUT2D eigenvalue weighted by Crippen LogP contribution is -2.62. The zero-order valence-corrected chi connectivity index (χ0v) is 22.7. The van der Waals surface area contributed by atoms with Crippen LogP contribution in [0.25, 0.3) is 0 Å². The van der Waals surface area contributed by atoms with Crippen molar-refractivity contribution in [3.8, 4) is 0 Å². The van der Waals surface area contributed by atoms with Gasteiger partial charge in [-0.05, 0) is 91.9 Å². The quantitative estimate of drug-likeness (QED) is 0.496. The summed E-state index contributed by atoms with van der Waals surface area (Å²) < 4.78 is 11.9. The molecule has 6 nitrogen and oxygen atoms in total. The zero-order valence-electron chi connectivity index (χ0n) is 22.7. The van der Waals surface area contributed by atoms with E-state index in [0.29, 0.717) is 36.0 Å². The van der Waals surface area contributed by atoms with Gasteiger partial charge in [0.05, 0.1) is 18.3 Å². The fourth-order valence-corrected chi connectivity index (χ4v) is 9.15. The Hall–Kier alpha value is -1.47. The van der Waals surface area contributed by atoms with Crippen molar-refractivity contribution in [1.29, 1.82) is 0 Å². The number of hydrogen-bond donors (Lipinski definition) is 3. The van der Waals surface area contributed by atoms with Crippen molar-refractivity contribution < 1.29 is 29.6 Å². The third-order valence-corrected chi connectivity index (χ3v) is 11.0. The second-order valence-electron chi connectivity index (χ2n) is 13.8. The summed E-state index contributed by atoms with van der Waals surface area (Å²) in [6.45, 7) is 16.5. The third-order valence-electron chi connectivity index (χ3n) is 11.0. The molecule has 0 amide bonds. The molecule has 3 saturated carbocycles. The highest BCUT2D eigenvalue weighted by Crippen LogP contribution is 2.70. The Kier molecular flexibility index (Phi) is 6.00. The monoisotopic (exact) mass is 500 g/mol. The Balaban J connectivity index is 1.36. The second-order valence-corrected chi connectivity index (χ2v) is 13.8. The maximum absolute atomic E-state index is 12.2. The minimum absolute atomic E-state index is 0.00308. The molecular weight excluding hydrogens is 456 g/mol. The van der Waals surface area contributed by atoms with Crippen LogP contribution < -0.4 is 0 Å². The normalized spacial score (nSPS) is 47.4. The molecule has 2 aliphatic heterocycles. The summed E-state index contributed by atoms with van der Waals surface area (Å²) in [5, 5.41) is 32.8. The van der Waals surface area contributed by atoms with Gasteiger partial charge in [0.2, 0.25) is 5.78 Å². The average molecular weight is 501 g/mol. The lowest BCUT2D eigenvalue weighted by atomic mass is 9.42. The van der Waals surface area contributed by atoms with Crippen LogP contribution in [0.15, 0.2) is 35.6 Å². The fourth-order valence-electron chi connectivity index (χ4n) is 9.15. The Morgan fingerprint density at radius 3 is 2.31 bits per heavy atom. The number of fused-ring (bicyclic) bond motifs is 3. The zero-order chi connectivity index (χ0) is 26.4. The van der Waals surface area contributed by atoms with Gasteiger partial charge in [0.25, 0.3) is 0 Å². The number of rotatable bonds is 3. The Morgan fingerprint density at radius 1 is 1.00 bits per heavy atom. The molecule has 9 atom stereocenters. The van der Waals surface area contributed by atoms with E-state index in [1.165, 1.54) is 6.08 Å². The molecule has 3 aliphatic carbocycles. The van der Waals surface area contributed by atoms with E-state index >= 15 is 0 Å². The average Bonchev–Trinajstić information content (AvgIpc) is 3.27. The van der Waals surface area contributed by atoms with Crippen LogP contribution in [0.4, 0.5) is 0 Å². The Morgan fingerprint density at radius 2 is 1.69 bits per heavy atom. The van der Waals surface area contributed by atoms with Gasteiger partial charge in [0.1, 0.15) is 5.76 Å². The minimum Gasteiger partial charge on any atom is -0.479 e. The van der Waals surface area contributed by atoms with Crippen molar-refractivity contribution in [1.82, 2.24) is 0 Å². The van der Waals surface area contributed by atoms with E-state index in [1.807, 2.05) is 0 Å². The van der Waals surface area contributed by atoms with E-state index in [2.05, 4.69) is 40.3 Å². The maximum atomic E-state index is 12.2. The molecule has 200 valence electrons. The first kappa shape index (κ1) is 26.1. The summed E-state index contributed by atoms with van der Waals surface area (Å²) in [5.74, 6) is 1.31. The lowest BCUT2D eigenvalue weighted by Gasteiger charge is -2.64. The van der Waals surface area contributed by atoms with Crippen molar-refractivity contribution in [2.45, 2.75) is 110 Å². The van der Waals surface area contributed by atoms with Gasteiger partial charge in [0.15, 0.2) is 11.9 Å². The smallest absolute Gasteiger partial charge is 0.202 e. The first-order valence-electron chi connectivity index (χ1n) is 13.7. The van der Waals surface area contributed by atoms with Gasteiger partial charge < -0.3 is 24.8 Å². The molecule has 2 heterocycles. The number of ether oxygens (including phenoxy) is 2. The largest absolute Gasteiger partial charge is 0.479 e. The molecule has 0 aromatic rings. The summed E-state index contributed by atoms with van der Waals surface area (Å²) in [6, 6.07) is 0. The van der Waals surface area contributed by atoms with Crippen molar-refractivity contribution in [3.63, 3.8) is 0 Å². The predicted molar refractivity (Wildman–Crippen MR) is 137 cm³/mol. The molecule has 0 spiro atoms. The number of hydrogen-bond acceptors (Lipinski definition) is 6. The van der Waals surface area contributed by atoms with Crippen LogP contribution in [0.5, 0.6) is 0 Å². The highest BCUT2D eigenvalue weighted by molar-refractivity contribution is 5.99. The Labute approximate surface area is 215 Å². The van der Waals surface area contributed by atoms with Gasteiger partial charge in [-0.2, -0.15) is 0 Å². The molecule has 6 heteroatoms. The summed E-state index contributed by atoms with van der Waals surface area (Å²) >= 11 is 0. The van der Waals surface area contributed by atoms with Crippen molar-refractivity contribution in [2.24, 2.45) is 34.0 Å². The van der Waals surface area contributed by atoms with Crippen LogP contribution in [0.2, 0.25) is 0 Å². The molecule has 5 rings (SSSR count). The Bertz CT molecular complexity index is 1020. The first-order chi connectivity index (χ1) is 16.6. The molecule has 0 saturated heterocycles. The van der Waals surface area contributed by atoms with Crippen molar-refractivity contribution >= 4 is 5.78 Å². The molecule has 36 heavy (non-hydrogen) atoms. The highest BCUT2D eigenvalue weighted by atomic mass is 16.6.